The molecule has 0 radical (unpaired) electrons. The van der Waals surface area contributed by atoms with Gasteiger partial charge in [0.1, 0.15) is 24.2 Å². The molecule has 4 aliphatic rings. The molecule has 3 aromatic carbocycles. The third-order valence-electron chi connectivity index (χ3n) is 11.0. The van der Waals surface area contributed by atoms with Gasteiger partial charge in [-0.2, -0.15) is 9.97 Å². The van der Waals surface area contributed by atoms with Crippen molar-refractivity contribution in [3.05, 3.63) is 54.6 Å². The van der Waals surface area contributed by atoms with E-state index in [9.17, 15) is 19.5 Å². The summed E-state index contributed by atoms with van der Waals surface area (Å²) in [5.74, 6) is 0.538. The Labute approximate surface area is 284 Å². The van der Waals surface area contributed by atoms with E-state index in [2.05, 4.69) is 22.9 Å². The van der Waals surface area contributed by atoms with E-state index in [0.717, 1.165) is 75.7 Å². The van der Waals surface area contributed by atoms with E-state index in [1.165, 1.54) is 11.9 Å². The van der Waals surface area contributed by atoms with Crippen molar-refractivity contribution >= 4 is 45.3 Å². The number of phenols is 1. The van der Waals surface area contributed by atoms with Crippen LogP contribution in [-0.2, 0) is 9.59 Å². The summed E-state index contributed by atoms with van der Waals surface area (Å²) in [7, 11) is 5.15. The SMILES string of the molecule is CN1C(=O)C(CC(=O)N2[C@@H]3CC[C@H]2CN(c2nc(OC[C@@H]4CCCN4C)nc4cc(-c5cc(O)cc6ccccc56)ccc24)C3)N(C)C1=O. The highest BCUT2D eigenvalue weighted by Gasteiger charge is 2.47. The van der Waals surface area contributed by atoms with Crippen LogP contribution in [0.1, 0.15) is 32.1 Å². The highest BCUT2D eigenvalue weighted by Crippen LogP contribution is 2.39. The molecule has 4 fully saturated rings. The van der Waals surface area contributed by atoms with Crippen LogP contribution in [0.4, 0.5) is 10.6 Å². The van der Waals surface area contributed by atoms with E-state index in [0.29, 0.717) is 31.7 Å². The second kappa shape index (κ2) is 12.2. The molecule has 1 N–H and O–H groups in total. The predicted molar refractivity (Wildman–Crippen MR) is 185 cm³/mol. The molecule has 4 amide bonds. The minimum atomic E-state index is -0.773. The van der Waals surface area contributed by atoms with Crippen LogP contribution in [0.3, 0.4) is 0 Å². The molecule has 0 saturated carbocycles. The normalized spacial score (nSPS) is 24.2. The molecule has 4 saturated heterocycles. The molecular formula is C37H41N7O5. The summed E-state index contributed by atoms with van der Waals surface area (Å²) in [4.78, 5) is 57.6. The van der Waals surface area contributed by atoms with Crippen LogP contribution in [0.2, 0.25) is 0 Å². The topological polar surface area (TPSA) is 123 Å². The summed E-state index contributed by atoms with van der Waals surface area (Å²) in [6.45, 7) is 2.72. The van der Waals surface area contributed by atoms with E-state index in [-0.39, 0.29) is 42.1 Å². The van der Waals surface area contributed by atoms with Crippen LogP contribution >= 0.6 is 0 Å². The zero-order chi connectivity index (χ0) is 34.0. The largest absolute Gasteiger partial charge is 0.508 e. The number of ether oxygens (including phenoxy) is 1. The van der Waals surface area contributed by atoms with Crippen molar-refractivity contribution in [2.24, 2.45) is 0 Å². The second-order valence-corrected chi connectivity index (χ2v) is 14.0. The van der Waals surface area contributed by atoms with Crippen LogP contribution in [0.15, 0.2) is 54.6 Å². The third-order valence-corrected chi connectivity index (χ3v) is 11.0. The molecule has 0 aliphatic carbocycles. The zero-order valence-electron chi connectivity index (χ0n) is 28.1. The Bertz CT molecular complexity index is 1970. The van der Waals surface area contributed by atoms with Gasteiger partial charge in [-0.3, -0.25) is 14.5 Å². The summed E-state index contributed by atoms with van der Waals surface area (Å²) in [6.07, 6.45) is 3.90. The van der Waals surface area contributed by atoms with Gasteiger partial charge in [-0.05, 0) is 85.4 Å². The van der Waals surface area contributed by atoms with E-state index in [4.69, 9.17) is 14.7 Å². The number of likely N-dealkylation sites (tertiary alicyclic amines) is 1. The molecule has 4 atom stereocenters. The molecule has 4 aliphatic heterocycles. The Balaban J connectivity index is 1.11. The van der Waals surface area contributed by atoms with Crippen molar-refractivity contribution in [1.82, 2.24) is 29.6 Å². The van der Waals surface area contributed by atoms with Crippen molar-refractivity contribution in [1.29, 1.82) is 0 Å². The smallest absolute Gasteiger partial charge is 0.326 e. The first-order valence-electron chi connectivity index (χ1n) is 17.1. The lowest BCUT2D eigenvalue weighted by molar-refractivity contribution is -0.138. The summed E-state index contributed by atoms with van der Waals surface area (Å²) < 4.78 is 6.31. The van der Waals surface area contributed by atoms with Gasteiger partial charge < -0.3 is 29.4 Å². The van der Waals surface area contributed by atoms with Crippen molar-refractivity contribution in [3.8, 4) is 22.9 Å². The summed E-state index contributed by atoms with van der Waals surface area (Å²) in [5, 5.41) is 13.4. The molecular weight excluding hydrogens is 622 g/mol. The molecule has 1 unspecified atom stereocenters. The molecule has 12 heteroatoms. The minimum Gasteiger partial charge on any atom is -0.508 e. The summed E-state index contributed by atoms with van der Waals surface area (Å²) in [5.41, 5.74) is 2.58. The number of urea groups is 1. The number of fused-ring (bicyclic) bond motifs is 4. The number of aromatic hydroxyl groups is 1. The van der Waals surface area contributed by atoms with Gasteiger partial charge in [-0.15, -0.1) is 0 Å². The molecule has 8 rings (SSSR count). The molecule has 12 nitrogen and oxygen atoms in total. The number of phenolic OH excluding ortho intramolecular Hbond substituents is 1. The lowest BCUT2D eigenvalue weighted by Crippen LogP contribution is -2.57. The number of amides is 4. The highest BCUT2D eigenvalue weighted by molar-refractivity contribution is 6.05. The number of nitrogens with zero attached hydrogens (tertiary/aromatic N) is 7. The van der Waals surface area contributed by atoms with Crippen LogP contribution in [0.5, 0.6) is 11.8 Å². The van der Waals surface area contributed by atoms with Gasteiger partial charge in [-0.25, -0.2) is 4.79 Å². The fraction of sp³-hybridized carbons (Fsp3) is 0.432. The number of hydrogen-bond acceptors (Lipinski definition) is 9. The Hall–Kier alpha value is -4.97. The maximum atomic E-state index is 13.7. The van der Waals surface area contributed by atoms with E-state index < -0.39 is 6.04 Å². The van der Waals surface area contributed by atoms with Gasteiger partial charge in [-0.1, -0.05) is 30.3 Å². The van der Waals surface area contributed by atoms with Gasteiger partial charge in [0.05, 0.1) is 11.9 Å². The number of carbonyl (C=O) groups excluding carboxylic acids is 3. The Morgan fingerprint density at radius 2 is 1.71 bits per heavy atom. The quantitative estimate of drug-likeness (QED) is 0.292. The summed E-state index contributed by atoms with van der Waals surface area (Å²) in [6, 6.07) is 17.1. The lowest BCUT2D eigenvalue weighted by Gasteiger charge is -2.42. The minimum absolute atomic E-state index is 0.0189. The fourth-order valence-electron chi connectivity index (χ4n) is 8.29. The van der Waals surface area contributed by atoms with Crippen molar-refractivity contribution in [2.75, 3.05) is 52.3 Å². The first kappa shape index (κ1) is 31.3. The van der Waals surface area contributed by atoms with Gasteiger partial charge in [0, 0.05) is 50.7 Å². The molecule has 2 bridgehead atoms. The Morgan fingerprint density at radius 3 is 2.43 bits per heavy atom. The monoisotopic (exact) mass is 663 g/mol. The maximum Gasteiger partial charge on any atom is 0.326 e. The predicted octanol–water partition coefficient (Wildman–Crippen LogP) is 4.09. The molecule has 4 aromatic rings. The molecule has 1 aromatic heterocycles. The number of benzene rings is 3. The lowest BCUT2D eigenvalue weighted by atomic mass is 9.97. The van der Waals surface area contributed by atoms with E-state index in [1.54, 1.807) is 19.2 Å². The molecule has 49 heavy (non-hydrogen) atoms. The number of anilines is 1. The number of carbonyl (C=O) groups is 3. The van der Waals surface area contributed by atoms with E-state index in [1.807, 2.05) is 41.3 Å². The van der Waals surface area contributed by atoms with Crippen molar-refractivity contribution in [2.45, 2.75) is 56.3 Å². The third kappa shape index (κ3) is 5.47. The van der Waals surface area contributed by atoms with Crippen LogP contribution in [0, 0.1) is 0 Å². The number of likely N-dealkylation sites (N-methyl/N-ethyl adjacent to an activating group) is 3. The Kier molecular flexibility index (Phi) is 7.78. The first-order valence-corrected chi connectivity index (χ1v) is 17.1. The van der Waals surface area contributed by atoms with Gasteiger partial charge in [0.15, 0.2) is 0 Å². The Morgan fingerprint density at radius 1 is 0.939 bits per heavy atom. The van der Waals surface area contributed by atoms with Gasteiger partial charge in [0.25, 0.3) is 5.91 Å². The summed E-state index contributed by atoms with van der Waals surface area (Å²) >= 11 is 0. The second-order valence-electron chi connectivity index (χ2n) is 14.0. The molecule has 254 valence electrons. The number of piperazine rings is 1. The van der Waals surface area contributed by atoms with Crippen LogP contribution < -0.4 is 9.64 Å². The number of aromatic nitrogens is 2. The highest BCUT2D eigenvalue weighted by atomic mass is 16.5. The average Bonchev–Trinajstić information content (AvgIpc) is 3.70. The van der Waals surface area contributed by atoms with Crippen LogP contribution in [-0.4, -0.2) is 124 Å². The number of rotatable bonds is 7. The zero-order valence-corrected chi connectivity index (χ0v) is 28.1. The number of hydrogen-bond donors (Lipinski definition) is 1. The average molecular weight is 664 g/mol. The van der Waals surface area contributed by atoms with Gasteiger partial charge in [0.2, 0.25) is 5.91 Å². The van der Waals surface area contributed by atoms with Gasteiger partial charge >= 0.3 is 12.0 Å². The number of imide groups is 1. The fourth-order valence-corrected chi connectivity index (χ4v) is 8.29. The maximum absolute atomic E-state index is 13.7. The molecule has 0 spiro atoms. The standard InChI is InChI=1S/C37H41N7O5/c1-40-14-6-8-26(40)21-49-36-38-31-16-23(30-17-27(45)15-22-7-4-5-9-28(22)30)10-13-29(31)34(39-36)43-19-24-11-12-25(20-43)44(24)33(46)18-32-35(47)42(3)37(48)41(32)2/h4-5,7,9-10,13,15-17,24-26,32,45H,6,8,11-12,14,18-21H2,1-3H3/t24-,25+,26-,32?/m0/s1. The van der Waals surface area contributed by atoms with E-state index >= 15 is 0 Å². The first-order chi connectivity index (χ1) is 23.7. The van der Waals surface area contributed by atoms with Crippen molar-refractivity contribution < 1.29 is 24.2 Å². The van der Waals surface area contributed by atoms with Crippen molar-refractivity contribution in [3.63, 3.8) is 0 Å². The van der Waals surface area contributed by atoms with Crippen LogP contribution in [0.25, 0.3) is 32.8 Å². The molecule has 5 heterocycles.